The molecule has 0 aliphatic rings. The molecule has 2 aromatic carbocycles. The zero-order valence-electron chi connectivity index (χ0n) is 17.7. The monoisotopic (exact) mass is 436 g/mol. The number of fused-ring (bicyclic) bond motifs is 1. The van der Waals surface area contributed by atoms with Crippen LogP contribution < -0.4 is 14.4 Å². The van der Waals surface area contributed by atoms with E-state index in [9.17, 15) is 4.79 Å². The number of ether oxygens (including phenoxy) is 2. The van der Waals surface area contributed by atoms with Crippen molar-refractivity contribution in [2.45, 2.75) is 19.9 Å². The second-order valence-electron chi connectivity index (χ2n) is 7.12. The van der Waals surface area contributed by atoms with Crippen LogP contribution in [-0.4, -0.2) is 41.2 Å². The molecule has 4 rings (SSSR count). The number of aromatic nitrogens is 3. The maximum atomic E-state index is 13.4. The molecule has 8 heteroatoms. The smallest absolute Gasteiger partial charge is 0.260 e. The van der Waals surface area contributed by atoms with Gasteiger partial charge in [0.2, 0.25) is 0 Å². The number of carbonyl (C=O) groups is 1. The van der Waals surface area contributed by atoms with Gasteiger partial charge in [0.05, 0.1) is 20.5 Å². The Morgan fingerprint density at radius 1 is 1.10 bits per heavy atom. The number of thiazole rings is 1. The molecule has 0 atom stereocenters. The molecule has 0 saturated carbocycles. The molecule has 0 fully saturated rings. The Hall–Kier alpha value is -3.39. The van der Waals surface area contributed by atoms with Crippen LogP contribution in [0.3, 0.4) is 0 Å². The van der Waals surface area contributed by atoms with Crippen LogP contribution in [0, 0.1) is 6.92 Å². The summed E-state index contributed by atoms with van der Waals surface area (Å²) in [6.45, 7) is 3.29. The van der Waals surface area contributed by atoms with Gasteiger partial charge in [-0.25, -0.2) is 9.97 Å². The molecule has 0 aliphatic heterocycles. The van der Waals surface area contributed by atoms with Gasteiger partial charge in [0, 0.05) is 31.0 Å². The molecule has 0 bridgehead atoms. The van der Waals surface area contributed by atoms with E-state index in [2.05, 4.69) is 4.98 Å². The summed E-state index contributed by atoms with van der Waals surface area (Å²) in [5.74, 6) is 1.28. The Balaban J connectivity index is 1.70. The fourth-order valence-corrected chi connectivity index (χ4v) is 4.45. The van der Waals surface area contributed by atoms with Crippen LogP contribution >= 0.6 is 11.3 Å². The number of hydrogen-bond acceptors (Lipinski definition) is 6. The molecular weight excluding hydrogens is 412 g/mol. The summed E-state index contributed by atoms with van der Waals surface area (Å²) in [5, 5.41) is 0.619. The number of imidazole rings is 1. The van der Waals surface area contributed by atoms with Crippen LogP contribution in [0.1, 0.15) is 22.3 Å². The highest BCUT2D eigenvalue weighted by molar-refractivity contribution is 7.22. The Morgan fingerprint density at radius 3 is 2.52 bits per heavy atom. The minimum absolute atomic E-state index is 0.0809. The molecular formula is C23H24N4O3S. The van der Waals surface area contributed by atoms with Crippen molar-refractivity contribution >= 4 is 32.6 Å². The first-order valence-electron chi connectivity index (χ1n) is 9.96. The van der Waals surface area contributed by atoms with Gasteiger partial charge in [0.15, 0.2) is 5.13 Å². The highest BCUT2D eigenvalue weighted by Crippen LogP contribution is 2.40. The van der Waals surface area contributed by atoms with Crippen LogP contribution in [0.4, 0.5) is 5.13 Å². The quantitative estimate of drug-likeness (QED) is 0.405. The average Bonchev–Trinajstić information content (AvgIpc) is 3.46. The largest absolute Gasteiger partial charge is 0.495 e. The highest BCUT2D eigenvalue weighted by Gasteiger charge is 2.23. The number of methoxy groups -OCH3 is 2. The molecule has 0 spiro atoms. The molecule has 31 heavy (non-hydrogen) atoms. The van der Waals surface area contributed by atoms with Gasteiger partial charge < -0.3 is 14.0 Å². The molecule has 4 aromatic rings. The van der Waals surface area contributed by atoms with E-state index in [1.807, 2.05) is 54.1 Å². The summed E-state index contributed by atoms with van der Waals surface area (Å²) in [7, 11) is 3.24. The molecule has 0 N–H and O–H groups in total. The summed E-state index contributed by atoms with van der Waals surface area (Å²) < 4.78 is 13.8. The first-order valence-corrected chi connectivity index (χ1v) is 10.8. The minimum atomic E-state index is -0.0809. The average molecular weight is 437 g/mol. The SMILES string of the molecule is COc1ccc(OC)c2sc(N(CCCn3ccnc3)C(=O)c3ccc(C)cc3)nc12. The summed E-state index contributed by atoms with van der Waals surface area (Å²) in [4.78, 5) is 24.0. The number of benzene rings is 2. The van der Waals surface area contributed by atoms with Crippen molar-refractivity contribution in [3.8, 4) is 11.5 Å². The van der Waals surface area contributed by atoms with E-state index in [0.717, 1.165) is 23.2 Å². The third-order valence-corrected chi connectivity index (χ3v) is 6.12. The van der Waals surface area contributed by atoms with Crippen molar-refractivity contribution in [3.63, 3.8) is 0 Å². The molecule has 0 saturated heterocycles. The van der Waals surface area contributed by atoms with E-state index >= 15 is 0 Å². The predicted octanol–water partition coefficient (Wildman–Crippen LogP) is 4.56. The zero-order chi connectivity index (χ0) is 21.8. The summed E-state index contributed by atoms with van der Waals surface area (Å²) >= 11 is 1.43. The third kappa shape index (κ3) is 4.39. The van der Waals surface area contributed by atoms with Gasteiger partial charge in [-0.3, -0.25) is 9.69 Å². The zero-order valence-corrected chi connectivity index (χ0v) is 18.6. The Morgan fingerprint density at radius 2 is 1.84 bits per heavy atom. The predicted molar refractivity (Wildman–Crippen MR) is 122 cm³/mol. The van der Waals surface area contributed by atoms with Crippen molar-refractivity contribution in [1.29, 1.82) is 0 Å². The molecule has 2 aromatic heterocycles. The summed E-state index contributed by atoms with van der Waals surface area (Å²) in [6, 6.07) is 11.3. The summed E-state index contributed by atoms with van der Waals surface area (Å²) in [5.41, 5.74) is 2.43. The summed E-state index contributed by atoms with van der Waals surface area (Å²) in [6.07, 6.45) is 6.21. The van der Waals surface area contributed by atoms with E-state index in [4.69, 9.17) is 14.5 Å². The highest BCUT2D eigenvalue weighted by atomic mass is 32.1. The van der Waals surface area contributed by atoms with Gasteiger partial charge in [-0.2, -0.15) is 0 Å². The number of rotatable bonds is 8. The third-order valence-electron chi connectivity index (χ3n) is 5.03. The first kappa shape index (κ1) is 20.9. The first-order chi connectivity index (χ1) is 15.1. The van der Waals surface area contributed by atoms with Gasteiger partial charge >= 0.3 is 0 Å². The Kier molecular flexibility index (Phi) is 6.18. The van der Waals surface area contributed by atoms with E-state index < -0.39 is 0 Å². The molecule has 7 nitrogen and oxygen atoms in total. The lowest BCUT2D eigenvalue weighted by molar-refractivity contribution is 0.0986. The number of amides is 1. The van der Waals surface area contributed by atoms with Crippen LogP contribution in [0.15, 0.2) is 55.1 Å². The van der Waals surface area contributed by atoms with Gasteiger partial charge in [-0.05, 0) is 37.6 Å². The number of nitrogens with zero attached hydrogens (tertiary/aromatic N) is 4. The van der Waals surface area contributed by atoms with Crippen molar-refractivity contribution in [3.05, 3.63) is 66.2 Å². The van der Waals surface area contributed by atoms with Crippen LogP contribution in [0.2, 0.25) is 0 Å². The lowest BCUT2D eigenvalue weighted by atomic mass is 10.1. The van der Waals surface area contributed by atoms with Crippen LogP contribution in [-0.2, 0) is 6.54 Å². The molecule has 0 unspecified atom stereocenters. The molecule has 0 aliphatic carbocycles. The van der Waals surface area contributed by atoms with Crippen LogP contribution in [0.25, 0.3) is 10.2 Å². The number of anilines is 1. The minimum Gasteiger partial charge on any atom is -0.495 e. The Labute approximate surface area is 184 Å². The van der Waals surface area contributed by atoms with E-state index in [0.29, 0.717) is 34.3 Å². The molecule has 160 valence electrons. The second kappa shape index (κ2) is 9.18. The number of carbonyl (C=O) groups excluding carboxylic acids is 1. The van der Waals surface area contributed by atoms with E-state index in [1.165, 1.54) is 11.3 Å². The van der Waals surface area contributed by atoms with Gasteiger partial charge in [0.1, 0.15) is 21.7 Å². The Bertz CT molecular complexity index is 1130. The number of hydrogen-bond donors (Lipinski definition) is 0. The molecule has 1 amide bonds. The van der Waals surface area contributed by atoms with Gasteiger partial charge in [-0.1, -0.05) is 29.0 Å². The van der Waals surface area contributed by atoms with E-state index in [-0.39, 0.29) is 5.91 Å². The van der Waals surface area contributed by atoms with Crippen molar-refractivity contribution in [2.24, 2.45) is 0 Å². The maximum Gasteiger partial charge on any atom is 0.260 e. The number of aryl methyl sites for hydroxylation is 2. The fourth-order valence-electron chi connectivity index (χ4n) is 3.36. The van der Waals surface area contributed by atoms with Crippen LogP contribution in [0.5, 0.6) is 11.5 Å². The van der Waals surface area contributed by atoms with Gasteiger partial charge in [0.25, 0.3) is 5.91 Å². The van der Waals surface area contributed by atoms with Gasteiger partial charge in [-0.15, -0.1) is 0 Å². The van der Waals surface area contributed by atoms with Crippen molar-refractivity contribution in [1.82, 2.24) is 14.5 Å². The maximum absolute atomic E-state index is 13.4. The molecule has 0 radical (unpaired) electrons. The fraction of sp³-hybridized carbons (Fsp3) is 0.261. The van der Waals surface area contributed by atoms with Crippen molar-refractivity contribution in [2.75, 3.05) is 25.7 Å². The lowest BCUT2D eigenvalue weighted by Crippen LogP contribution is -2.32. The normalized spacial score (nSPS) is 10.9. The second-order valence-corrected chi connectivity index (χ2v) is 8.10. The molecule has 2 heterocycles. The van der Waals surface area contributed by atoms with Crippen molar-refractivity contribution < 1.29 is 14.3 Å². The lowest BCUT2D eigenvalue weighted by Gasteiger charge is -2.20. The standard InChI is InChI=1S/C23H24N4O3S/c1-16-5-7-17(8-6-16)22(28)27(13-4-12-26-14-11-24-15-26)23-25-20-18(29-2)9-10-19(30-3)21(20)31-23/h5-11,14-15H,4,12-13H2,1-3H3. The van der Waals surface area contributed by atoms with E-state index in [1.54, 1.807) is 31.6 Å². The topological polar surface area (TPSA) is 69.5 Å².